The first-order valence-electron chi connectivity index (χ1n) is 7.21. The van der Waals surface area contributed by atoms with Crippen LogP contribution in [-0.2, 0) is 13.1 Å². The molecule has 1 N–H and O–H groups in total. The number of hydrogen-bond acceptors (Lipinski definition) is 2. The average Bonchev–Trinajstić information content (AvgIpc) is 3.15. The van der Waals surface area contributed by atoms with Crippen molar-refractivity contribution in [1.29, 1.82) is 0 Å². The van der Waals surface area contributed by atoms with Crippen molar-refractivity contribution in [3.05, 3.63) is 53.6 Å². The van der Waals surface area contributed by atoms with Gasteiger partial charge in [-0.05, 0) is 29.9 Å². The molecule has 19 heavy (non-hydrogen) atoms. The van der Waals surface area contributed by atoms with Crippen molar-refractivity contribution >= 4 is 0 Å². The van der Waals surface area contributed by atoms with E-state index in [4.69, 9.17) is 0 Å². The fraction of sp³-hybridized carbons (Fsp3) is 0.438. The molecule has 3 nitrogen and oxygen atoms in total. The van der Waals surface area contributed by atoms with Gasteiger partial charge in [-0.15, -0.1) is 0 Å². The molecular formula is C16H19N3. The molecule has 1 aromatic heterocycles. The summed E-state index contributed by atoms with van der Waals surface area (Å²) < 4.78 is 2.37. The van der Waals surface area contributed by atoms with Crippen LogP contribution in [0.15, 0.2) is 36.7 Å². The average molecular weight is 253 g/mol. The summed E-state index contributed by atoms with van der Waals surface area (Å²) in [4.78, 5) is 4.64. The predicted molar refractivity (Wildman–Crippen MR) is 74.9 cm³/mol. The molecule has 0 bridgehead atoms. The van der Waals surface area contributed by atoms with E-state index in [1.165, 1.54) is 29.8 Å². The van der Waals surface area contributed by atoms with Crippen molar-refractivity contribution in [3.8, 4) is 0 Å². The number of aromatic nitrogens is 2. The first-order chi connectivity index (χ1) is 9.42. The second-order valence-electron chi connectivity index (χ2n) is 5.76. The fourth-order valence-electron chi connectivity index (χ4n) is 3.09. The van der Waals surface area contributed by atoms with E-state index in [0.717, 1.165) is 25.6 Å². The SMILES string of the molecule is c1ccc2c(c1)CNCC2c1nccn1CC1CC1. The van der Waals surface area contributed by atoms with Crippen LogP contribution in [0.2, 0.25) is 0 Å². The van der Waals surface area contributed by atoms with E-state index in [0.29, 0.717) is 5.92 Å². The number of rotatable bonds is 3. The van der Waals surface area contributed by atoms with Crippen LogP contribution in [0.5, 0.6) is 0 Å². The Morgan fingerprint density at radius 2 is 2.16 bits per heavy atom. The topological polar surface area (TPSA) is 29.9 Å². The van der Waals surface area contributed by atoms with Gasteiger partial charge in [0.15, 0.2) is 0 Å². The van der Waals surface area contributed by atoms with Gasteiger partial charge in [-0.1, -0.05) is 24.3 Å². The minimum atomic E-state index is 0.402. The fourth-order valence-corrected chi connectivity index (χ4v) is 3.09. The largest absolute Gasteiger partial charge is 0.334 e. The lowest BCUT2D eigenvalue weighted by Crippen LogP contribution is -2.30. The van der Waals surface area contributed by atoms with E-state index in [2.05, 4.69) is 45.3 Å². The maximum atomic E-state index is 4.64. The number of benzene rings is 1. The van der Waals surface area contributed by atoms with E-state index in [1.807, 2.05) is 6.20 Å². The summed E-state index contributed by atoms with van der Waals surface area (Å²) in [5.74, 6) is 2.52. The van der Waals surface area contributed by atoms with Gasteiger partial charge in [0, 0.05) is 32.0 Å². The Labute approximate surface area is 113 Å². The minimum Gasteiger partial charge on any atom is -0.334 e. The molecule has 98 valence electrons. The number of fused-ring (bicyclic) bond motifs is 1. The zero-order valence-corrected chi connectivity index (χ0v) is 11.0. The molecular weight excluding hydrogens is 234 g/mol. The number of hydrogen-bond donors (Lipinski definition) is 1. The van der Waals surface area contributed by atoms with Gasteiger partial charge in [-0.3, -0.25) is 0 Å². The third-order valence-corrected chi connectivity index (χ3v) is 4.31. The molecule has 0 amide bonds. The Morgan fingerprint density at radius 1 is 1.26 bits per heavy atom. The van der Waals surface area contributed by atoms with Gasteiger partial charge in [-0.25, -0.2) is 4.98 Å². The van der Waals surface area contributed by atoms with Crippen LogP contribution in [-0.4, -0.2) is 16.1 Å². The van der Waals surface area contributed by atoms with Gasteiger partial charge in [0.25, 0.3) is 0 Å². The quantitative estimate of drug-likeness (QED) is 0.911. The van der Waals surface area contributed by atoms with Crippen LogP contribution in [0.4, 0.5) is 0 Å². The highest BCUT2D eigenvalue weighted by Crippen LogP contribution is 2.33. The molecule has 0 saturated heterocycles. The molecule has 2 heterocycles. The van der Waals surface area contributed by atoms with Crippen LogP contribution in [0.25, 0.3) is 0 Å². The molecule has 3 heteroatoms. The molecule has 1 saturated carbocycles. The number of nitrogens with one attached hydrogen (secondary N) is 1. The summed E-state index contributed by atoms with van der Waals surface area (Å²) in [6.45, 7) is 3.13. The van der Waals surface area contributed by atoms with Gasteiger partial charge >= 0.3 is 0 Å². The van der Waals surface area contributed by atoms with Crippen LogP contribution >= 0.6 is 0 Å². The van der Waals surface area contributed by atoms with E-state index in [9.17, 15) is 0 Å². The van der Waals surface area contributed by atoms with Gasteiger partial charge in [0.2, 0.25) is 0 Å². The van der Waals surface area contributed by atoms with Gasteiger partial charge in [0.1, 0.15) is 5.82 Å². The summed E-state index contributed by atoms with van der Waals surface area (Å²) in [5.41, 5.74) is 2.87. The molecule has 1 atom stereocenters. The third kappa shape index (κ3) is 2.08. The Bertz CT molecular complexity index is 583. The smallest absolute Gasteiger partial charge is 0.117 e. The number of nitrogens with zero attached hydrogens (tertiary/aromatic N) is 2. The number of imidazole rings is 1. The second-order valence-corrected chi connectivity index (χ2v) is 5.76. The Balaban J connectivity index is 1.71. The van der Waals surface area contributed by atoms with Crippen molar-refractivity contribution in [3.63, 3.8) is 0 Å². The van der Waals surface area contributed by atoms with E-state index in [1.54, 1.807) is 0 Å². The monoisotopic (exact) mass is 253 g/mol. The first-order valence-corrected chi connectivity index (χ1v) is 7.21. The van der Waals surface area contributed by atoms with Gasteiger partial charge < -0.3 is 9.88 Å². The minimum absolute atomic E-state index is 0.402. The third-order valence-electron chi connectivity index (χ3n) is 4.31. The molecule has 2 aromatic rings. The molecule has 0 radical (unpaired) electrons. The van der Waals surface area contributed by atoms with Crippen molar-refractivity contribution in [2.24, 2.45) is 5.92 Å². The standard InChI is InChI=1S/C16H19N3/c1-2-4-14-13(3-1)9-17-10-15(14)16-18-7-8-19(16)11-12-5-6-12/h1-4,7-8,12,15,17H,5-6,9-11H2. The lowest BCUT2D eigenvalue weighted by atomic mass is 9.90. The molecule has 4 rings (SSSR count). The van der Waals surface area contributed by atoms with Crippen LogP contribution < -0.4 is 5.32 Å². The van der Waals surface area contributed by atoms with Crippen LogP contribution in [0.1, 0.15) is 35.7 Å². The maximum Gasteiger partial charge on any atom is 0.117 e. The van der Waals surface area contributed by atoms with E-state index >= 15 is 0 Å². The van der Waals surface area contributed by atoms with Gasteiger partial charge in [-0.2, -0.15) is 0 Å². The molecule has 1 fully saturated rings. The molecule has 2 aliphatic rings. The van der Waals surface area contributed by atoms with Crippen LogP contribution in [0, 0.1) is 5.92 Å². The molecule has 0 spiro atoms. The molecule has 1 aliphatic heterocycles. The Hall–Kier alpha value is -1.61. The highest BCUT2D eigenvalue weighted by Gasteiger charge is 2.27. The van der Waals surface area contributed by atoms with Crippen molar-refractivity contribution in [2.75, 3.05) is 6.54 Å². The summed E-state index contributed by atoms with van der Waals surface area (Å²) in [7, 11) is 0. The summed E-state index contributed by atoms with van der Waals surface area (Å²) in [6.07, 6.45) is 6.87. The zero-order valence-electron chi connectivity index (χ0n) is 11.0. The second kappa shape index (κ2) is 4.49. The van der Waals surface area contributed by atoms with E-state index in [-0.39, 0.29) is 0 Å². The predicted octanol–water partition coefficient (Wildman–Crippen LogP) is 2.53. The summed E-state index contributed by atoms with van der Waals surface area (Å²) in [6, 6.07) is 8.75. The summed E-state index contributed by atoms with van der Waals surface area (Å²) in [5, 5.41) is 3.52. The van der Waals surface area contributed by atoms with Crippen molar-refractivity contribution in [1.82, 2.24) is 14.9 Å². The normalized spacial score (nSPS) is 22.2. The molecule has 1 aromatic carbocycles. The lowest BCUT2D eigenvalue weighted by Gasteiger charge is -2.26. The van der Waals surface area contributed by atoms with Gasteiger partial charge in [0.05, 0.1) is 5.92 Å². The van der Waals surface area contributed by atoms with Crippen molar-refractivity contribution < 1.29 is 0 Å². The lowest BCUT2D eigenvalue weighted by molar-refractivity contribution is 0.525. The molecule has 1 aliphatic carbocycles. The van der Waals surface area contributed by atoms with Crippen molar-refractivity contribution in [2.45, 2.75) is 31.8 Å². The highest BCUT2D eigenvalue weighted by atomic mass is 15.1. The maximum absolute atomic E-state index is 4.64. The Morgan fingerprint density at radius 3 is 3.05 bits per heavy atom. The highest BCUT2D eigenvalue weighted by molar-refractivity contribution is 5.36. The zero-order chi connectivity index (χ0) is 12.7. The summed E-state index contributed by atoms with van der Waals surface area (Å²) >= 11 is 0. The van der Waals surface area contributed by atoms with Crippen LogP contribution in [0.3, 0.4) is 0 Å². The van der Waals surface area contributed by atoms with E-state index < -0.39 is 0 Å². The first kappa shape index (κ1) is 11.2. The molecule has 1 unspecified atom stereocenters. The Kier molecular flexibility index (Phi) is 2.66.